The van der Waals surface area contributed by atoms with Crippen molar-refractivity contribution in [2.24, 2.45) is 0 Å². The molecule has 0 saturated heterocycles. The van der Waals surface area contributed by atoms with E-state index in [0.717, 1.165) is 16.9 Å². The first-order valence-electron chi connectivity index (χ1n) is 9.63. The van der Waals surface area contributed by atoms with E-state index in [0.29, 0.717) is 23.8 Å². The first-order valence-corrected chi connectivity index (χ1v) is 9.63. The van der Waals surface area contributed by atoms with E-state index in [4.69, 9.17) is 18.6 Å². The van der Waals surface area contributed by atoms with Crippen molar-refractivity contribution in [2.75, 3.05) is 27.9 Å². The van der Waals surface area contributed by atoms with Crippen LogP contribution in [0.1, 0.15) is 22.9 Å². The zero-order valence-electron chi connectivity index (χ0n) is 17.4. The largest absolute Gasteiger partial charge is 0.493 e. The van der Waals surface area contributed by atoms with E-state index in [1.54, 1.807) is 27.6 Å². The number of hydrogen-bond donors (Lipinski definition) is 2. The van der Waals surface area contributed by atoms with Gasteiger partial charge in [-0.15, -0.1) is 0 Å². The average Bonchev–Trinajstić information content (AvgIpc) is 3.32. The van der Waals surface area contributed by atoms with E-state index in [9.17, 15) is 4.79 Å². The molecule has 3 rings (SSSR count). The van der Waals surface area contributed by atoms with Gasteiger partial charge in [-0.05, 0) is 29.8 Å². The smallest absolute Gasteiger partial charge is 0.275 e. The Morgan fingerprint density at radius 3 is 2.27 bits per heavy atom. The summed E-state index contributed by atoms with van der Waals surface area (Å²) in [4.78, 5) is 12.5. The highest BCUT2D eigenvalue weighted by molar-refractivity contribution is 5.76. The lowest BCUT2D eigenvalue weighted by atomic mass is 10.0. The summed E-state index contributed by atoms with van der Waals surface area (Å²) in [6, 6.07) is 17.3. The molecule has 0 bridgehead atoms. The van der Waals surface area contributed by atoms with Gasteiger partial charge in [-0.2, -0.15) is 0 Å². The molecule has 3 aromatic rings. The quantitative estimate of drug-likeness (QED) is 0.535. The zero-order chi connectivity index (χ0) is 21.3. The van der Waals surface area contributed by atoms with Crippen molar-refractivity contribution in [3.05, 3.63) is 77.7 Å². The highest BCUT2D eigenvalue weighted by atomic mass is 16.5. The maximum absolute atomic E-state index is 12.5. The van der Waals surface area contributed by atoms with Crippen molar-refractivity contribution in [2.45, 2.75) is 12.6 Å². The van der Waals surface area contributed by atoms with Crippen LogP contribution >= 0.6 is 0 Å². The number of nitrogens with one attached hydrogen (secondary N) is 1. The van der Waals surface area contributed by atoms with E-state index in [1.165, 1.54) is 0 Å². The Kier molecular flexibility index (Phi) is 7.34. The lowest BCUT2D eigenvalue weighted by Crippen LogP contribution is -2.87. The minimum absolute atomic E-state index is 0.0868. The Morgan fingerprint density at radius 2 is 1.70 bits per heavy atom. The first kappa shape index (κ1) is 21.3. The molecule has 2 aromatic carbocycles. The number of carbonyl (C=O) groups is 1. The Balaban J connectivity index is 1.63. The third-order valence-electron chi connectivity index (χ3n) is 4.76. The third-order valence-corrected chi connectivity index (χ3v) is 4.76. The van der Waals surface area contributed by atoms with Crippen LogP contribution in [0.2, 0.25) is 0 Å². The lowest BCUT2D eigenvalue weighted by molar-refractivity contribution is -0.678. The van der Waals surface area contributed by atoms with Crippen LogP contribution in [0.15, 0.2) is 65.3 Å². The van der Waals surface area contributed by atoms with Gasteiger partial charge in [0.15, 0.2) is 29.8 Å². The molecule has 0 unspecified atom stereocenters. The number of ether oxygens (including phenoxy) is 3. The Bertz CT molecular complexity index is 916. The molecule has 0 aliphatic carbocycles. The standard InChI is InChI=1S/C23H26N2O5/c1-27-19-12-16(13-20(28-2)23(19)29-3)14-24-21(26)15-25-22(18-10-7-11-30-18)17-8-5-4-6-9-17/h4-13,22,25H,14-15H2,1-3H3,(H,24,26)/p+1/t22-/m0/s1. The van der Waals surface area contributed by atoms with E-state index >= 15 is 0 Å². The zero-order valence-corrected chi connectivity index (χ0v) is 17.4. The molecule has 1 heterocycles. The molecule has 7 nitrogen and oxygen atoms in total. The number of rotatable bonds is 10. The summed E-state index contributed by atoms with van der Waals surface area (Å²) in [5.41, 5.74) is 1.92. The molecule has 7 heteroatoms. The SMILES string of the molecule is COc1cc(CNC(=O)C[NH2+][C@@H](c2ccccc2)c2ccco2)cc(OC)c1OC. The van der Waals surface area contributed by atoms with Crippen molar-refractivity contribution in [3.8, 4) is 17.2 Å². The fourth-order valence-corrected chi connectivity index (χ4v) is 3.28. The fourth-order valence-electron chi connectivity index (χ4n) is 3.28. The summed E-state index contributed by atoms with van der Waals surface area (Å²) in [5, 5.41) is 4.90. The molecule has 1 amide bonds. The highest BCUT2D eigenvalue weighted by Gasteiger charge is 2.21. The van der Waals surface area contributed by atoms with Crippen molar-refractivity contribution in [3.63, 3.8) is 0 Å². The number of furan rings is 1. The van der Waals surface area contributed by atoms with Gasteiger partial charge in [0.2, 0.25) is 5.75 Å². The van der Waals surface area contributed by atoms with E-state index < -0.39 is 0 Å². The second-order valence-electron chi connectivity index (χ2n) is 6.65. The van der Waals surface area contributed by atoms with Crippen LogP contribution in [-0.2, 0) is 11.3 Å². The molecule has 0 aliphatic rings. The monoisotopic (exact) mass is 411 g/mol. The van der Waals surface area contributed by atoms with Crippen LogP contribution in [0.4, 0.5) is 0 Å². The minimum Gasteiger partial charge on any atom is -0.493 e. The number of carbonyl (C=O) groups excluding carboxylic acids is 1. The van der Waals surface area contributed by atoms with E-state index in [1.807, 2.05) is 59.9 Å². The van der Waals surface area contributed by atoms with Crippen molar-refractivity contribution in [1.29, 1.82) is 0 Å². The molecule has 0 radical (unpaired) electrons. The number of amides is 1. The van der Waals surface area contributed by atoms with Gasteiger partial charge in [0, 0.05) is 12.1 Å². The van der Waals surface area contributed by atoms with Crippen LogP contribution in [-0.4, -0.2) is 33.8 Å². The van der Waals surface area contributed by atoms with Gasteiger partial charge in [0.25, 0.3) is 5.91 Å². The highest BCUT2D eigenvalue weighted by Crippen LogP contribution is 2.38. The molecule has 30 heavy (non-hydrogen) atoms. The van der Waals surface area contributed by atoms with Gasteiger partial charge < -0.3 is 29.3 Å². The molecule has 0 spiro atoms. The molecule has 1 atom stereocenters. The van der Waals surface area contributed by atoms with Crippen LogP contribution < -0.4 is 24.8 Å². The molecule has 158 valence electrons. The summed E-state index contributed by atoms with van der Waals surface area (Å²) in [6.45, 7) is 0.602. The second kappa shape index (κ2) is 10.4. The maximum atomic E-state index is 12.5. The van der Waals surface area contributed by atoms with Crippen LogP contribution in [0, 0.1) is 0 Å². The van der Waals surface area contributed by atoms with Gasteiger partial charge in [0.05, 0.1) is 27.6 Å². The summed E-state index contributed by atoms with van der Waals surface area (Å²) in [6.07, 6.45) is 1.64. The molecular weight excluding hydrogens is 384 g/mol. The van der Waals surface area contributed by atoms with E-state index in [2.05, 4.69) is 5.32 Å². The molecular formula is C23H27N2O5+. The summed E-state index contributed by atoms with van der Waals surface area (Å²) < 4.78 is 21.6. The maximum Gasteiger partial charge on any atom is 0.275 e. The Hall–Kier alpha value is -3.45. The predicted molar refractivity (Wildman–Crippen MR) is 112 cm³/mol. The number of methoxy groups -OCH3 is 3. The Labute approximate surface area is 175 Å². The molecule has 0 aliphatic heterocycles. The lowest BCUT2D eigenvalue weighted by Gasteiger charge is -2.15. The number of benzene rings is 2. The summed E-state index contributed by atoms with van der Waals surface area (Å²) in [5.74, 6) is 2.34. The fraction of sp³-hybridized carbons (Fsp3) is 0.261. The summed E-state index contributed by atoms with van der Waals surface area (Å²) in [7, 11) is 4.68. The molecule has 3 N–H and O–H groups in total. The number of hydrogen-bond acceptors (Lipinski definition) is 5. The predicted octanol–water partition coefficient (Wildman–Crippen LogP) is 2.27. The van der Waals surface area contributed by atoms with Crippen LogP contribution in [0.5, 0.6) is 17.2 Å². The molecule has 0 saturated carbocycles. The van der Waals surface area contributed by atoms with Crippen LogP contribution in [0.25, 0.3) is 0 Å². The minimum atomic E-state index is -0.0897. The third kappa shape index (κ3) is 5.12. The van der Waals surface area contributed by atoms with Gasteiger partial charge in [-0.1, -0.05) is 30.3 Å². The van der Waals surface area contributed by atoms with Crippen molar-refractivity contribution >= 4 is 5.91 Å². The Morgan fingerprint density at radius 1 is 1.00 bits per heavy atom. The van der Waals surface area contributed by atoms with Crippen LogP contribution in [0.3, 0.4) is 0 Å². The topological polar surface area (TPSA) is 86.5 Å². The number of nitrogens with two attached hydrogens (primary N) is 1. The average molecular weight is 411 g/mol. The first-order chi connectivity index (χ1) is 14.7. The van der Waals surface area contributed by atoms with Crippen molar-refractivity contribution in [1.82, 2.24) is 5.32 Å². The van der Waals surface area contributed by atoms with Gasteiger partial charge in [-0.3, -0.25) is 4.79 Å². The van der Waals surface area contributed by atoms with Gasteiger partial charge >= 0.3 is 0 Å². The van der Waals surface area contributed by atoms with E-state index in [-0.39, 0.29) is 18.5 Å². The number of quaternary nitrogens is 1. The van der Waals surface area contributed by atoms with Gasteiger partial charge in [0.1, 0.15) is 0 Å². The second-order valence-corrected chi connectivity index (χ2v) is 6.65. The van der Waals surface area contributed by atoms with Crippen molar-refractivity contribution < 1.29 is 28.7 Å². The molecule has 0 fully saturated rings. The summed E-state index contributed by atoms with van der Waals surface area (Å²) >= 11 is 0. The normalized spacial score (nSPS) is 11.6. The molecule has 1 aromatic heterocycles. The van der Waals surface area contributed by atoms with Gasteiger partial charge in [-0.25, -0.2) is 0 Å².